The maximum Gasteiger partial charge on any atom is 0.336 e. The van der Waals surface area contributed by atoms with Crippen molar-refractivity contribution in [2.75, 3.05) is 31.1 Å². The zero-order chi connectivity index (χ0) is 18.0. The van der Waals surface area contributed by atoms with Crippen molar-refractivity contribution in [2.45, 2.75) is 20.4 Å². The predicted molar refractivity (Wildman–Crippen MR) is 98.8 cm³/mol. The molecule has 0 radical (unpaired) electrons. The molecule has 0 saturated carbocycles. The summed E-state index contributed by atoms with van der Waals surface area (Å²) in [6, 6.07) is 0. The molecule has 1 fully saturated rings. The van der Waals surface area contributed by atoms with E-state index in [4.69, 9.17) is 0 Å². The number of aromatic nitrogens is 4. The highest BCUT2D eigenvalue weighted by molar-refractivity contribution is 5.75. The van der Waals surface area contributed by atoms with E-state index < -0.39 is 5.69 Å². The highest BCUT2D eigenvalue weighted by Gasteiger charge is 2.23. The smallest absolute Gasteiger partial charge is 0.336 e. The minimum absolute atomic E-state index is 0.357. The SMILES string of the molecule is CC#CCn1c(N2CCNCC2)nc2c1c(=O)n(/C=C/C)c(=O)n2C. The van der Waals surface area contributed by atoms with Gasteiger partial charge in [-0.25, -0.2) is 9.36 Å². The van der Waals surface area contributed by atoms with Gasteiger partial charge in [0.1, 0.15) is 0 Å². The summed E-state index contributed by atoms with van der Waals surface area (Å²) < 4.78 is 4.35. The Morgan fingerprint density at radius 1 is 1.28 bits per heavy atom. The number of nitrogens with zero attached hydrogens (tertiary/aromatic N) is 5. The monoisotopic (exact) mass is 342 g/mol. The van der Waals surface area contributed by atoms with Gasteiger partial charge in [-0.3, -0.25) is 13.9 Å². The van der Waals surface area contributed by atoms with Crippen molar-refractivity contribution in [3.63, 3.8) is 0 Å². The van der Waals surface area contributed by atoms with Crippen molar-refractivity contribution in [1.29, 1.82) is 0 Å². The number of hydrogen-bond acceptors (Lipinski definition) is 5. The number of rotatable bonds is 3. The van der Waals surface area contributed by atoms with Crippen molar-refractivity contribution in [1.82, 2.24) is 24.0 Å². The normalized spacial score (nSPS) is 14.9. The van der Waals surface area contributed by atoms with Gasteiger partial charge in [0, 0.05) is 39.4 Å². The van der Waals surface area contributed by atoms with Gasteiger partial charge in [0.05, 0.1) is 6.54 Å². The molecule has 1 aliphatic heterocycles. The van der Waals surface area contributed by atoms with Crippen LogP contribution in [-0.2, 0) is 13.6 Å². The summed E-state index contributed by atoms with van der Waals surface area (Å²) in [5, 5.41) is 3.30. The van der Waals surface area contributed by atoms with Gasteiger partial charge in [-0.15, -0.1) is 5.92 Å². The third-order valence-corrected chi connectivity index (χ3v) is 4.27. The van der Waals surface area contributed by atoms with Gasteiger partial charge in [0.2, 0.25) is 5.95 Å². The van der Waals surface area contributed by atoms with E-state index in [2.05, 4.69) is 27.0 Å². The molecule has 25 heavy (non-hydrogen) atoms. The second-order valence-electron chi connectivity index (χ2n) is 5.83. The fourth-order valence-electron chi connectivity index (χ4n) is 3.02. The molecule has 0 atom stereocenters. The molecule has 0 aromatic carbocycles. The van der Waals surface area contributed by atoms with Crippen LogP contribution in [0.25, 0.3) is 17.4 Å². The highest BCUT2D eigenvalue weighted by Crippen LogP contribution is 2.19. The van der Waals surface area contributed by atoms with Crippen LogP contribution >= 0.6 is 0 Å². The number of hydrogen-bond donors (Lipinski definition) is 1. The van der Waals surface area contributed by atoms with Crippen molar-refractivity contribution in [3.05, 3.63) is 26.9 Å². The summed E-state index contributed by atoms with van der Waals surface area (Å²) in [6.45, 7) is 7.17. The molecule has 1 aliphatic rings. The van der Waals surface area contributed by atoms with Crippen LogP contribution in [0.5, 0.6) is 0 Å². The molecule has 2 aromatic rings. The van der Waals surface area contributed by atoms with E-state index in [1.165, 1.54) is 10.8 Å². The second-order valence-corrected chi connectivity index (χ2v) is 5.83. The topological polar surface area (TPSA) is 77.1 Å². The van der Waals surface area contributed by atoms with E-state index in [0.717, 1.165) is 30.7 Å². The van der Waals surface area contributed by atoms with E-state index in [1.807, 2.05) is 4.57 Å². The molecular weight excluding hydrogens is 320 g/mol. The molecule has 132 valence electrons. The maximum absolute atomic E-state index is 12.9. The lowest BCUT2D eigenvalue weighted by Crippen LogP contribution is -2.44. The number of anilines is 1. The summed E-state index contributed by atoms with van der Waals surface area (Å²) in [5.41, 5.74) is 0.00958. The quantitative estimate of drug-likeness (QED) is 0.783. The number of imidazole rings is 1. The van der Waals surface area contributed by atoms with Crippen LogP contribution in [-0.4, -0.2) is 44.9 Å². The van der Waals surface area contributed by atoms with E-state index >= 15 is 0 Å². The molecule has 0 spiro atoms. The second kappa shape index (κ2) is 6.99. The Morgan fingerprint density at radius 2 is 2.00 bits per heavy atom. The van der Waals surface area contributed by atoms with Gasteiger partial charge in [-0.1, -0.05) is 12.0 Å². The Morgan fingerprint density at radius 3 is 2.64 bits per heavy atom. The summed E-state index contributed by atoms with van der Waals surface area (Å²) in [4.78, 5) is 32.2. The first-order valence-corrected chi connectivity index (χ1v) is 8.30. The van der Waals surface area contributed by atoms with E-state index in [9.17, 15) is 9.59 Å². The third kappa shape index (κ3) is 2.87. The molecule has 3 rings (SSSR count). The molecule has 0 amide bonds. The minimum atomic E-state index is -0.409. The summed E-state index contributed by atoms with van der Waals surface area (Å²) in [7, 11) is 1.63. The van der Waals surface area contributed by atoms with Crippen molar-refractivity contribution < 1.29 is 0 Å². The van der Waals surface area contributed by atoms with Crippen LogP contribution in [0.15, 0.2) is 15.7 Å². The van der Waals surface area contributed by atoms with Gasteiger partial charge >= 0.3 is 5.69 Å². The van der Waals surface area contributed by atoms with Crippen molar-refractivity contribution >= 4 is 23.3 Å². The number of allylic oxidation sites excluding steroid dienone is 1. The molecule has 0 bridgehead atoms. The molecule has 0 unspecified atom stereocenters. The Labute approximate surface area is 145 Å². The van der Waals surface area contributed by atoms with E-state index in [0.29, 0.717) is 23.7 Å². The maximum atomic E-state index is 12.9. The zero-order valence-electron chi connectivity index (χ0n) is 14.7. The average molecular weight is 342 g/mol. The molecule has 3 heterocycles. The van der Waals surface area contributed by atoms with Gasteiger partial charge in [-0.05, 0) is 13.8 Å². The summed E-state index contributed by atoms with van der Waals surface area (Å²) >= 11 is 0. The predicted octanol–water partition coefficient (Wildman–Crippen LogP) is -0.180. The molecular formula is C17H22N6O2. The number of nitrogens with one attached hydrogen (secondary N) is 1. The van der Waals surface area contributed by atoms with Crippen LogP contribution < -0.4 is 21.5 Å². The van der Waals surface area contributed by atoms with Crippen LogP contribution in [0.4, 0.5) is 5.95 Å². The lowest BCUT2D eigenvalue weighted by atomic mass is 10.4. The largest absolute Gasteiger partial charge is 0.340 e. The third-order valence-electron chi connectivity index (χ3n) is 4.27. The molecule has 0 aliphatic carbocycles. The minimum Gasteiger partial charge on any atom is -0.340 e. The van der Waals surface area contributed by atoms with Crippen LogP contribution in [0.1, 0.15) is 13.8 Å². The van der Waals surface area contributed by atoms with E-state index in [-0.39, 0.29) is 5.56 Å². The van der Waals surface area contributed by atoms with Crippen LogP contribution in [0.3, 0.4) is 0 Å². The fourth-order valence-corrected chi connectivity index (χ4v) is 3.02. The van der Waals surface area contributed by atoms with Gasteiger partial charge in [0.15, 0.2) is 11.2 Å². The lowest BCUT2D eigenvalue weighted by Gasteiger charge is -2.28. The highest BCUT2D eigenvalue weighted by atomic mass is 16.2. The Hall–Kier alpha value is -2.79. The van der Waals surface area contributed by atoms with Crippen molar-refractivity contribution in [2.24, 2.45) is 7.05 Å². The summed E-state index contributed by atoms with van der Waals surface area (Å²) in [6.07, 6.45) is 3.15. The number of aryl methyl sites for hydroxylation is 1. The number of fused-ring (bicyclic) bond motifs is 1. The Balaban J connectivity index is 2.35. The van der Waals surface area contributed by atoms with Gasteiger partial charge in [-0.2, -0.15) is 4.98 Å². The summed E-state index contributed by atoms with van der Waals surface area (Å²) in [5.74, 6) is 6.56. The first-order valence-electron chi connectivity index (χ1n) is 8.30. The number of piperazine rings is 1. The van der Waals surface area contributed by atoms with Gasteiger partial charge < -0.3 is 10.2 Å². The Kier molecular flexibility index (Phi) is 4.76. The fraction of sp³-hybridized carbons (Fsp3) is 0.471. The Bertz CT molecular complexity index is 993. The average Bonchev–Trinajstić information content (AvgIpc) is 3.02. The first-order chi connectivity index (χ1) is 12.1. The van der Waals surface area contributed by atoms with E-state index in [1.54, 1.807) is 27.0 Å². The zero-order valence-corrected chi connectivity index (χ0v) is 14.7. The standard InChI is InChI=1S/C17H22N6O2/c1-4-6-10-22-13-14(19-16(22)21-11-7-18-8-12-21)20(3)17(25)23(9-5-2)15(13)24/h5,9,18H,7-8,10-12H2,1-3H3/b9-5+. The van der Waals surface area contributed by atoms with Crippen LogP contribution in [0, 0.1) is 11.8 Å². The molecule has 8 nitrogen and oxygen atoms in total. The first kappa shape index (κ1) is 17.0. The van der Waals surface area contributed by atoms with Crippen LogP contribution in [0.2, 0.25) is 0 Å². The van der Waals surface area contributed by atoms with Crippen molar-refractivity contribution in [3.8, 4) is 11.8 Å². The lowest BCUT2D eigenvalue weighted by molar-refractivity contribution is 0.573. The molecule has 1 N–H and O–H groups in total. The molecule has 8 heteroatoms. The molecule has 2 aromatic heterocycles. The van der Waals surface area contributed by atoms with Gasteiger partial charge in [0.25, 0.3) is 5.56 Å². The molecule has 1 saturated heterocycles.